The monoisotopic (exact) mass is 218 g/mol. The first-order valence-corrected chi connectivity index (χ1v) is 5.73. The number of nitrogens with two attached hydrogens (primary N) is 1. The van der Waals surface area contributed by atoms with Crippen LogP contribution in [0.2, 0.25) is 0 Å². The van der Waals surface area contributed by atoms with Crippen LogP contribution in [0.15, 0.2) is 0 Å². The Bertz CT molecular complexity index is 215. The van der Waals surface area contributed by atoms with Crippen LogP contribution in [0.3, 0.4) is 0 Å². The molecule has 4 nitrogen and oxygen atoms in total. The smallest absolute Gasteiger partial charge is 0.411 e. The van der Waals surface area contributed by atoms with Crippen LogP contribution in [0.1, 0.15) is 33.6 Å². The summed E-state index contributed by atoms with van der Waals surface area (Å²) in [4.78, 5) is 13.4. The van der Waals surface area contributed by atoms with Gasteiger partial charge in [0.1, 0.15) is 5.60 Å². The largest absolute Gasteiger partial charge is 0.444 e. The quantitative estimate of drug-likeness (QED) is 0.683. The van der Waals surface area contributed by atoms with E-state index in [2.05, 4.69) is 0 Å². The van der Waals surface area contributed by atoms with Gasteiger partial charge in [0, 0.05) is 6.54 Å². The highest BCUT2D eigenvalue weighted by Crippen LogP contribution is 2.25. The fourth-order valence-electron chi connectivity index (χ4n) is 1.41. The maximum absolute atomic E-state index is 11.7. The summed E-state index contributed by atoms with van der Waals surface area (Å²) in [5.74, 6) is 0. The van der Waals surface area contributed by atoms with Crippen LogP contribution in [0.25, 0.3) is 0 Å². The summed E-state index contributed by atoms with van der Waals surface area (Å²) in [5.41, 5.74) is -0.427. The summed E-state index contributed by atoms with van der Waals surface area (Å²) in [6.07, 6.45) is 1.71. The van der Waals surface area contributed by atoms with Crippen molar-refractivity contribution in [3.8, 4) is 0 Å². The Morgan fingerprint density at radius 1 is 1.57 bits per heavy atom. The molecule has 0 aromatic rings. The molecule has 0 saturated carbocycles. The van der Waals surface area contributed by atoms with Crippen LogP contribution in [0.4, 0.5) is 4.79 Å². The standard InChI is InChI=1S/C9H18N2O2S/c1-9(2,3)13-8(12)11-6-4-5-7(11)14-10/h7H,4-6,10H2,1-3H3. The molecule has 1 atom stereocenters. The second-order valence-corrected chi connectivity index (χ2v) is 5.22. The zero-order valence-corrected chi connectivity index (χ0v) is 9.76. The van der Waals surface area contributed by atoms with Gasteiger partial charge < -0.3 is 4.74 Å². The van der Waals surface area contributed by atoms with E-state index in [9.17, 15) is 4.79 Å². The molecule has 1 heterocycles. The van der Waals surface area contributed by atoms with E-state index >= 15 is 0 Å². The number of carbonyl (C=O) groups excluding carboxylic acids is 1. The third-order valence-electron chi connectivity index (χ3n) is 1.98. The lowest BCUT2D eigenvalue weighted by Gasteiger charge is -2.27. The van der Waals surface area contributed by atoms with Crippen LogP contribution < -0.4 is 5.14 Å². The third-order valence-corrected chi connectivity index (χ3v) is 2.79. The van der Waals surface area contributed by atoms with E-state index in [4.69, 9.17) is 9.88 Å². The predicted octanol–water partition coefficient (Wildman–Crippen LogP) is 1.95. The molecule has 1 unspecified atom stereocenters. The number of nitrogens with zero attached hydrogens (tertiary/aromatic N) is 1. The van der Waals surface area contributed by atoms with Crippen LogP contribution in [0.5, 0.6) is 0 Å². The summed E-state index contributed by atoms with van der Waals surface area (Å²) in [6.45, 7) is 6.35. The summed E-state index contributed by atoms with van der Waals surface area (Å²) >= 11 is 1.22. The Balaban J connectivity index is 2.52. The topological polar surface area (TPSA) is 55.6 Å². The number of amides is 1. The molecule has 1 aliphatic heterocycles. The lowest BCUT2D eigenvalue weighted by atomic mass is 10.2. The van der Waals surface area contributed by atoms with Gasteiger partial charge in [0.15, 0.2) is 0 Å². The molecule has 0 radical (unpaired) electrons. The minimum atomic E-state index is -0.427. The van der Waals surface area contributed by atoms with E-state index in [-0.39, 0.29) is 11.5 Å². The minimum absolute atomic E-state index is 0.0878. The van der Waals surface area contributed by atoms with Crippen molar-refractivity contribution in [2.75, 3.05) is 6.54 Å². The van der Waals surface area contributed by atoms with Crippen LogP contribution in [0, 0.1) is 0 Å². The number of hydrogen-bond donors (Lipinski definition) is 1. The molecule has 1 saturated heterocycles. The first-order chi connectivity index (χ1) is 6.44. The number of hydrogen-bond acceptors (Lipinski definition) is 4. The normalized spacial score (nSPS) is 22.6. The Hall–Kier alpha value is -0.420. The van der Waals surface area contributed by atoms with Crippen LogP contribution in [-0.4, -0.2) is 28.5 Å². The second kappa shape index (κ2) is 4.40. The van der Waals surface area contributed by atoms with Crippen molar-refractivity contribution in [1.29, 1.82) is 0 Å². The summed E-state index contributed by atoms with van der Waals surface area (Å²) < 4.78 is 5.27. The van der Waals surface area contributed by atoms with Gasteiger partial charge in [-0.2, -0.15) is 0 Å². The van der Waals surface area contributed by atoms with Gasteiger partial charge >= 0.3 is 6.09 Å². The molecule has 0 spiro atoms. The average molecular weight is 218 g/mol. The van der Waals surface area contributed by atoms with E-state index < -0.39 is 5.60 Å². The molecule has 1 rings (SSSR count). The number of rotatable bonds is 1. The van der Waals surface area contributed by atoms with Crippen molar-refractivity contribution in [2.24, 2.45) is 5.14 Å². The van der Waals surface area contributed by atoms with Crippen molar-refractivity contribution >= 4 is 18.0 Å². The number of likely N-dealkylation sites (tertiary alicyclic amines) is 1. The van der Waals surface area contributed by atoms with Gasteiger partial charge in [-0.1, -0.05) is 11.9 Å². The van der Waals surface area contributed by atoms with Crippen molar-refractivity contribution in [1.82, 2.24) is 4.90 Å². The highest BCUT2D eigenvalue weighted by atomic mass is 32.2. The third kappa shape index (κ3) is 3.06. The van der Waals surface area contributed by atoms with Crippen LogP contribution in [-0.2, 0) is 4.74 Å². The lowest BCUT2D eigenvalue weighted by Crippen LogP contribution is -2.39. The molecule has 1 aliphatic rings. The first kappa shape index (κ1) is 11.7. The Labute approximate surface area is 89.3 Å². The highest BCUT2D eigenvalue weighted by molar-refractivity contribution is 7.97. The second-order valence-electron chi connectivity index (χ2n) is 4.41. The molecule has 1 fully saturated rings. The maximum Gasteiger partial charge on any atom is 0.411 e. The van der Waals surface area contributed by atoms with E-state index in [0.29, 0.717) is 0 Å². The van der Waals surface area contributed by atoms with E-state index in [1.165, 1.54) is 11.9 Å². The molecular weight excluding hydrogens is 200 g/mol. The van der Waals surface area contributed by atoms with Crippen molar-refractivity contribution in [3.63, 3.8) is 0 Å². The Kier molecular flexibility index (Phi) is 3.66. The fourth-order valence-corrected chi connectivity index (χ4v) is 2.05. The zero-order valence-electron chi connectivity index (χ0n) is 8.95. The zero-order chi connectivity index (χ0) is 10.8. The van der Waals surface area contributed by atoms with Crippen LogP contribution >= 0.6 is 11.9 Å². The molecule has 2 N–H and O–H groups in total. The molecule has 1 amide bonds. The number of ether oxygens (including phenoxy) is 1. The van der Waals surface area contributed by atoms with E-state index in [1.807, 2.05) is 20.8 Å². The molecule has 0 aromatic heterocycles. The van der Waals surface area contributed by atoms with Gasteiger partial charge in [-0.3, -0.25) is 10.0 Å². The first-order valence-electron chi connectivity index (χ1n) is 4.79. The maximum atomic E-state index is 11.7. The van der Waals surface area contributed by atoms with Crippen molar-refractivity contribution < 1.29 is 9.53 Å². The van der Waals surface area contributed by atoms with Gasteiger partial charge in [0.05, 0.1) is 5.37 Å². The molecule has 14 heavy (non-hydrogen) atoms. The SMILES string of the molecule is CC(C)(C)OC(=O)N1CCCC1SN. The Morgan fingerprint density at radius 2 is 2.21 bits per heavy atom. The van der Waals surface area contributed by atoms with Gasteiger partial charge in [-0.05, 0) is 33.6 Å². The summed E-state index contributed by atoms with van der Waals surface area (Å²) in [6, 6.07) is 0. The minimum Gasteiger partial charge on any atom is -0.444 e. The van der Waals surface area contributed by atoms with Crippen molar-refractivity contribution in [3.05, 3.63) is 0 Å². The van der Waals surface area contributed by atoms with Gasteiger partial charge in [0.2, 0.25) is 0 Å². The molecule has 0 aliphatic carbocycles. The summed E-state index contributed by atoms with van der Waals surface area (Å²) in [7, 11) is 0. The number of carbonyl (C=O) groups is 1. The van der Waals surface area contributed by atoms with E-state index in [0.717, 1.165) is 19.4 Å². The molecule has 82 valence electrons. The summed E-state index contributed by atoms with van der Waals surface area (Å²) in [5, 5.41) is 5.58. The fraction of sp³-hybridized carbons (Fsp3) is 0.889. The van der Waals surface area contributed by atoms with Crippen molar-refractivity contribution in [2.45, 2.75) is 44.6 Å². The van der Waals surface area contributed by atoms with Gasteiger partial charge in [0.25, 0.3) is 0 Å². The predicted molar refractivity (Wildman–Crippen MR) is 57.7 cm³/mol. The Morgan fingerprint density at radius 3 is 2.71 bits per heavy atom. The highest BCUT2D eigenvalue weighted by Gasteiger charge is 2.31. The lowest BCUT2D eigenvalue weighted by molar-refractivity contribution is 0.0277. The van der Waals surface area contributed by atoms with Gasteiger partial charge in [-0.15, -0.1) is 0 Å². The van der Waals surface area contributed by atoms with Gasteiger partial charge in [-0.25, -0.2) is 4.79 Å². The molecular formula is C9H18N2O2S. The average Bonchev–Trinajstić information content (AvgIpc) is 2.47. The van der Waals surface area contributed by atoms with E-state index in [1.54, 1.807) is 4.90 Å². The molecule has 0 bridgehead atoms. The molecule has 0 aromatic carbocycles. The molecule has 5 heteroatoms.